The van der Waals surface area contributed by atoms with E-state index in [1.165, 1.54) is 23.5 Å². The van der Waals surface area contributed by atoms with Gasteiger partial charge in [0.05, 0.1) is 11.9 Å². The SMILES string of the molecule is Fc1cccc(Nc2nn3c(Cc4ccc5c(c4)OCO5)cnc3s2)c1. The van der Waals surface area contributed by atoms with Gasteiger partial charge in [0.2, 0.25) is 16.9 Å². The van der Waals surface area contributed by atoms with Crippen LogP contribution in [0.15, 0.2) is 48.7 Å². The smallest absolute Gasteiger partial charge is 0.231 e. The third kappa shape index (κ3) is 2.74. The van der Waals surface area contributed by atoms with Crippen molar-refractivity contribution in [2.45, 2.75) is 6.42 Å². The van der Waals surface area contributed by atoms with Gasteiger partial charge in [0.1, 0.15) is 5.82 Å². The Hall–Kier alpha value is -3.13. The van der Waals surface area contributed by atoms with Crippen LogP contribution in [-0.2, 0) is 6.42 Å². The summed E-state index contributed by atoms with van der Waals surface area (Å²) < 4.78 is 25.9. The maximum atomic E-state index is 13.3. The number of hydrogen-bond acceptors (Lipinski definition) is 6. The number of aromatic nitrogens is 3. The Morgan fingerprint density at radius 2 is 2.08 bits per heavy atom. The summed E-state index contributed by atoms with van der Waals surface area (Å²) >= 11 is 1.41. The molecule has 2 aromatic carbocycles. The highest BCUT2D eigenvalue weighted by atomic mass is 32.1. The van der Waals surface area contributed by atoms with Crippen LogP contribution in [0.1, 0.15) is 11.3 Å². The minimum absolute atomic E-state index is 0.261. The van der Waals surface area contributed by atoms with Crippen LogP contribution in [0.4, 0.5) is 15.2 Å². The Kier molecular flexibility index (Phi) is 3.49. The lowest BCUT2D eigenvalue weighted by molar-refractivity contribution is 0.174. The molecule has 0 saturated heterocycles. The normalized spacial score (nSPS) is 12.7. The summed E-state index contributed by atoms with van der Waals surface area (Å²) in [4.78, 5) is 5.19. The average Bonchev–Trinajstić information content (AvgIpc) is 3.32. The zero-order chi connectivity index (χ0) is 17.5. The molecule has 8 heteroatoms. The minimum atomic E-state index is -0.292. The quantitative estimate of drug-likeness (QED) is 0.590. The second-order valence-electron chi connectivity index (χ2n) is 5.85. The summed E-state index contributed by atoms with van der Waals surface area (Å²) in [5.41, 5.74) is 2.70. The van der Waals surface area contributed by atoms with Crippen molar-refractivity contribution in [2.75, 3.05) is 12.1 Å². The summed E-state index contributed by atoms with van der Waals surface area (Å²) in [6.45, 7) is 0.261. The van der Waals surface area contributed by atoms with E-state index in [2.05, 4.69) is 15.4 Å². The lowest BCUT2D eigenvalue weighted by atomic mass is 10.1. The molecule has 3 heterocycles. The van der Waals surface area contributed by atoms with Crippen LogP contribution in [0.5, 0.6) is 11.5 Å². The van der Waals surface area contributed by atoms with Gasteiger partial charge in [-0.3, -0.25) is 0 Å². The van der Waals surface area contributed by atoms with Crippen molar-refractivity contribution >= 4 is 27.1 Å². The van der Waals surface area contributed by atoms with Crippen molar-refractivity contribution in [3.8, 4) is 11.5 Å². The Bertz CT molecular complexity index is 1110. The molecule has 0 saturated carbocycles. The van der Waals surface area contributed by atoms with Crippen molar-refractivity contribution in [1.82, 2.24) is 14.6 Å². The number of rotatable bonds is 4. The van der Waals surface area contributed by atoms with E-state index in [1.807, 2.05) is 24.4 Å². The predicted molar refractivity (Wildman–Crippen MR) is 95.9 cm³/mol. The van der Waals surface area contributed by atoms with E-state index in [0.717, 1.165) is 27.7 Å². The molecule has 0 fully saturated rings. The van der Waals surface area contributed by atoms with Crippen LogP contribution in [0, 0.1) is 5.82 Å². The Morgan fingerprint density at radius 1 is 1.15 bits per heavy atom. The van der Waals surface area contributed by atoms with Gasteiger partial charge in [-0.15, -0.1) is 5.10 Å². The molecule has 130 valence electrons. The van der Waals surface area contributed by atoms with Gasteiger partial charge in [0.15, 0.2) is 11.5 Å². The highest BCUT2D eigenvalue weighted by Gasteiger charge is 2.15. The molecule has 4 aromatic rings. The number of imidazole rings is 1. The summed E-state index contributed by atoms with van der Waals surface area (Å²) in [6.07, 6.45) is 2.48. The molecule has 0 unspecified atom stereocenters. The molecule has 0 bridgehead atoms. The molecule has 0 aliphatic carbocycles. The summed E-state index contributed by atoms with van der Waals surface area (Å²) in [7, 11) is 0. The van der Waals surface area contributed by atoms with Gasteiger partial charge in [0, 0.05) is 12.1 Å². The van der Waals surface area contributed by atoms with Crippen molar-refractivity contribution in [3.05, 3.63) is 65.7 Å². The van der Waals surface area contributed by atoms with Crippen LogP contribution in [0.2, 0.25) is 0 Å². The summed E-state index contributed by atoms with van der Waals surface area (Å²) in [5, 5.41) is 8.32. The van der Waals surface area contributed by atoms with E-state index in [9.17, 15) is 4.39 Å². The Labute approximate surface area is 151 Å². The number of anilines is 2. The Balaban J connectivity index is 1.41. The maximum Gasteiger partial charge on any atom is 0.231 e. The highest BCUT2D eigenvalue weighted by molar-refractivity contribution is 7.20. The number of fused-ring (bicyclic) bond motifs is 2. The second-order valence-corrected chi connectivity index (χ2v) is 6.81. The average molecular weight is 368 g/mol. The highest BCUT2D eigenvalue weighted by Crippen LogP contribution is 2.33. The third-order valence-electron chi connectivity index (χ3n) is 4.05. The lowest BCUT2D eigenvalue weighted by Crippen LogP contribution is -1.97. The molecule has 0 atom stereocenters. The monoisotopic (exact) mass is 368 g/mol. The predicted octanol–water partition coefficient (Wildman–Crippen LogP) is 3.99. The number of nitrogens with one attached hydrogen (secondary N) is 1. The maximum absolute atomic E-state index is 13.3. The molecular weight excluding hydrogens is 355 g/mol. The van der Waals surface area contributed by atoms with Crippen LogP contribution in [0.25, 0.3) is 4.96 Å². The van der Waals surface area contributed by atoms with E-state index in [1.54, 1.807) is 16.6 Å². The van der Waals surface area contributed by atoms with Gasteiger partial charge in [-0.25, -0.2) is 13.9 Å². The molecule has 1 N–H and O–H groups in total. The fraction of sp³-hybridized carbons (Fsp3) is 0.111. The van der Waals surface area contributed by atoms with E-state index >= 15 is 0 Å². The first-order valence-electron chi connectivity index (χ1n) is 7.99. The van der Waals surface area contributed by atoms with E-state index < -0.39 is 0 Å². The molecular formula is C18H13FN4O2S. The standard InChI is InChI=1S/C18H13FN4O2S/c19-12-2-1-3-13(8-12)21-17-22-23-14(9-20-18(23)26-17)6-11-4-5-15-16(7-11)25-10-24-15/h1-5,7-9H,6,10H2,(H,21,22). The van der Waals surface area contributed by atoms with E-state index in [4.69, 9.17) is 9.47 Å². The topological polar surface area (TPSA) is 60.7 Å². The number of hydrogen-bond donors (Lipinski definition) is 1. The lowest BCUT2D eigenvalue weighted by Gasteiger charge is -2.03. The van der Waals surface area contributed by atoms with Gasteiger partial charge in [-0.2, -0.15) is 0 Å². The van der Waals surface area contributed by atoms with Gasteiger partial charge in [-0.05, 0) is 35.9 Å². The van der Waals surface area contributed by atoms with Gasteiger partial charge in [-0.1, -0.05) is 23.5 Å². The fourth-order valence-corrected chi connectivity index (χ4v) is 3.67. The molecule has 26 heavy (non-hydrogen) atoms. The summed E-state index contributed by atoms with van der Waals surface area (Å²) in [6, 6.07) is 12.2. The molecule has 0 radical (unpaired) electrons. The summed E-state index contributed by atoms with van der Waals surface area (Å²) in [5.74, 6) is 1.23. The van der Waals surface area contributed by atoms with Crippen molar-refractivity contribution in [3.63, 3.8) is 0 Å². The first kappa shape index (κ1) is 15.2. The molecule has 2 aromatic heterocycles. The number of nitrogens with zero attached hydrogens (tertiary/aromatic N) is 3. The number of ether oxygens (including phenoxy) is 2. The van der Waals surface area contributed by atoms with Gasteiger partial charge in [0.25, 0.3) is 0 Å². The number of halogens is 1. The van der Waals surface area contributed by atoms with E-state index in [-0.39, 0.29) is 12.6 Å². The van der Waals surface area contributed by atoms with E-state index in [0.29, 0.717) is 17.2 Å². The molecule has 0 spiro atoms. The van der Waals surface area contributed by atoms with Crippen LogP contribution < -0.4 is 14.8 Å². The second kappa shape index (κ2) is 5.99. The fourth-order valence-electron chi connectivity index (χ4n) is 2.86. The van der Waals surface area contributed by atoms with Crippen molar-refractivity contribution in [1.29, 1.82) is 0 Å². The first-order valence-corrected chi connectivity index (χ1v) is 8.81. The zero-order valence-electron chi connectivity index (χ0n) is 13.5. The largest absolute Gasteiger partial charge is 0.454 e. The molecule has 0 amide bonds. The van der Waals surface area contributed by atoms with Crippen LogP contribution >= 0.6 is 11.3 Å². The van der Waals surface area contributed by atoms with Gasteiger partial charge < -0.3 is 14.8 Å². The Morgan fingerprint density at radius 3 is 3.00 bits per heavy atom. The van der Waals surface area contributed by atoms with Crippen LogP contribution in [0.3, 0.4) is 0 Å². The van der Waals surface area contributed by atoms with Crippen molar-refractivity contribution in [2.24, 2.45) is 0 Å². The first-order chi connectivity index (χ1) is 12.7. The van der Waals surface area contributed by atoms with Gasteiger partial charge >= 0.3 is 0 Å². The molecule has 6 nitrogen and oxygen atoms in total. The minimum Gasteiger partial charge on any atom is -0.454 e. The zero-order valence-corrected chi connectivity index (χ0v) is 14.3. The van der Waals surface area contributed by atoms with Crippen LogP contribution in [-0.4, -0.2) is 21.4 Å². The molecule has 1 aliphatic heterocycles. The molecule has 1 aliphatic rings. The number of benzene rings is 2. The molecule has 5 rings (SSSR count). The van der Waals surface area contributed by atoms with Crippen molar-refractivity contribution < 1.29 is 13.9 Å². The third-order valence-corrected chi connectivity index (χ3v) is 4.89.